The van der Waals surface area contributed by atoms with Crippen LogP contribution in [-0.4, -0.2) is 24.8 Å². The smallest absolute Gasteiger partial charge is 0.0703 e. The zero-order valence-electron chi connectivity index (χ0n) is 13.4. The normalized spacial score (nSPS) is 13.8. The van der Waals surface area contributed by atoms with E-state index in [4.69, 9.17) is 4.74 Å². The Morgan fingerprint density at radius 1 is 1.20 bits per heavy atom. The Morgan fingerprint density at radius 3 is 2.50 bits per heavy atom. The topological polar surface area (TPSA) is 21.3 Å². The molecule has 0 aliphatic rings. The van der Waals surface area contributed by atoms with Gasteiger partial charge in [-0.1, -0.05) is 55.8 Å². The first kappa shape index (κ1) is 16.9. The monoisotopic (exact) mass is 275 g/mol. The van der Waals surface area contributed by atoms with Crippen molar-refractivity contribution in [2.45, 2.75) is 52.2 Å². The van der Waals surface area contributed by atoms with Crippen LogP contribution < -0.4 is 5.32 Å². The molecule has 0 saturated carbocycles. The molecule has 1 aromatic carbocycles. The zero-order valence-corrected chi connectivity index (χ0v) is 13.4. The van der Waals surface area contributed by atoms with Gasteiger partial charge in [-0.05, 0) is 32.8 Å². The second-order valence-electron chi connectivity index (χ2n) is 6.19. The van der Waals surface area contributed by atoms with Gasteiger partial charge in [0.1, 0.15) is 0 Å². The van der Waals surface area contributed by atoms with Gasteiger partial charge in [-0.25, -0.2) is 0 Å². The lowest BCUT2D eigenvalue weighted by Crippen LogP contribution is -2.41. The highest BCUT2D eigenvalue weighted by Gasteiger charge is 2.13. The lowest BCUT2D eigenvalue weighted by molar-refractivity contribution is 0.0625. The van der Waals surface area contributed by atoms with E-state index in [9.17, 15) is 0 Å². The third-order valence-corrected chi connectivity index (χ3v) is 3.01. The van der Waals surface area contributed by atoms with Gasteiger partial charge in [-0.15, -0.1) is 0 Å². The number of hydrogen-bond donors (Lipinski definition) is 1. The molecule has 0 aliphatic heterocycles. The van der Waals surface area contributed by atoms with Crippen molar-refractivity contribution >= 4 is 6.08 Å². The first-order chi connectivity index (χ1) is 9.51. The maximum atomic E-state index is 5.95. The summed E-state index contributed by atoms with van der Waals surface area (Å²) in [5.74, 6) is 0. The van der Waals surface area contributed by atoms with Crippen LogP contribution in [0.3, 0.4) is 0 Å². The lowest BCUT2D eigenvalue weighted by atomic mass is 10.1. The Labute approximate surface area is 124 Å². The van der Waals surface area contributed by atoms with Gasteiger partial charge in [0.25, 0.3) is 0 Å². The number of rotatable bonds is 8. The van der Waals surface area contributed by atoms with Crippen molar-refractivity contribution in [3.05, 3.63) is 42.0 Å². The van der Waals surface area contributed by atoms with Crippen LogP contribution in [-0.2, 0) is 4.74 Å². The average molecular weight is 275 g/mol. The molecule has 0 saturated heterocycles. The molecule has 0 amide bonds. The molecule has 1 N–H and O–H groups in total. The summed E-state index contributed by atoms with van der Waals surface area (Å²) in [6.07, 6.45) is 6.75. The first-order valence-electron chi connectivity index (χ1n) is 7.59. The van der Waals surface area contributed by atoms with Crippen molar-refractivity contribution in [3.63, 3.8) is 0 Å². The highest BCUT2D eigenvalue weighted by Crippen LogP contribution is 2.06. The Morgan fingerprint density at radius 2 is 1.90 bits per heavy atom. The molecule has 0 heterocycles. The molecule has 0 aromatic heterocycles. The van der Waals surface area contributed by atoms with E-state index < -0.39 is 0 Å². The van der Waals surface area contributed by atoms with Crippen LogP contribution in [0, 0.1) is 0 Å². The van der Waals surface area contributed by atoms with Crippen LogP contribution in [0.15, 0.2) is 36.4 Å². The predicted molar refractivity (Wildman–Crippen MR) is 87.9 cm³/mol. The Bertz CT molecular complexity index is 378. The van der Waals surface area contributed by atoms with Gasteiger partial charge in [0.15, 0.2) is 0 Å². The molecular weight excluding hydrogens is 246 g/mol. The zero-order chi connectivity index (χ0) is 14.8. The second-order valence-corrected chi connectivity index (χ2v) is 6.19. The van der Waals surface area contributed by atoms with E-state index in [1.165, 1.54) is 5.56 Å². The minimum Gasteiger partial charge on any atom is -0.373 e. The fraction of sp³-hybridized carbons (Fsp3) is 0.556. The van der Waals surface area contributed by atoms with Crippen LogP contribution in [0.25, 0.3) is 6.08 Å². The largest absolute Gasteiger partial charge is 0.373 e. The molecule has 1 unspecified atom stereocenters. The predicted octanol–water partition coefficient (Wildman–Crippen LogP) is 4.27. The van der Waals surface area contributed by atoms with Crippen LogP contribution in [0.4, 0.5) is 0 Å². The van der Waals surface area contributed by atoms with Crippen LogP contribution in [0.5, 0.6) is 0 Å². The number of nitrogens with one attached hydrogen (secondary N) is 1. The van der Waals surface area contributed by atoms with Crippen LogP contribution in [0.1, 0.15) is 46.1 Å². The van der Waals surface area contributed by atoms with Crippen LogP contribution >= 0.6 is 0 Å². The van der Waals surface area contributed by atoms with E-state index in [0.717, 1.165) is 19.4 Å². The van der Waals surface area contributed by atoms with Gasteiger partial charge in [-0.2, -0.15) is 0 Å². The highest BCUT2D eigenvalue weighted by molar-refractivity contribution is 5.48. The quantitative estimate of drug-likeness (QED) is 0.765. The molecule has 112 valence electrons. The number of ether oxygens (including phenoxy) is 1. The van der Waals surface area contributed by atoms with Crippen molar-refractivity contribution in [1.29, 1.82) is 0 Å². The fourth-order valence-corrected chi connectivity index (χ4v) is 1.93. The Kier molecular flexibility index (Phi) is 7.56. The molecule has 2 heteroatoms. The SMILES string of the molecule is CCCC(CNC(C)(C)C)OC/C=C/c1ccccc1. The maximum Gasteiger partial charge on any atom is 0.0703 e. The first-order valence-corrected chi connectivity index (χ1v) is 7.59. The number of benzene rings is 1. The molecule has 1 rings (SSSR count). The van der Waals surface area contributed by atoms with E-state index in [-0.39, 0.29) is 5.54 Å². The minimum atomic E-state index is 0.148. The van der Waals surface area contributed by atoms with Crippen molar-refractivity contribution < 1.29 is 4.74 Å². The van der Waals surface area contributed by atoms with Crippen molar-refractivity contribution in [2.75, 3.05) is 13.2 Å². The summed E-state index contributed by atoms with van der Waals surface area (Å²) in [5.41, 5.74) is 1.37. The van der Waals surface area contributed by atoms with Gasteiger partial charge < -0.3 is 10.1 Å². The van der Waals surface area contributed by atoms with Gasteiger partial charge in [0.05, 0.1) is 12.7 Å². The average Bonchev–Trinajstić information content (AvgIpc) is 2.41. The van der Waals surface area contributed by atoms with Gasteiger partial charge in [0, 0.05) is 12.1 Å². The van der Waals surface area contributed by atoms with Crippen molar-refractivity contribution in [1.82, 2.24) is 5.32 Å². The van der Waals surface area contributed by atoms with E-state index >= 15 is 0 Å². The van der Waals surface area contributed by atoms with Crippen molar-refractivity contribution in [3.8, 4) is 0 Å². The van der Waals surface area contributed by atoms with Gasteiger partial charge >= 0.3 is 0 Å². The third kappa shape index (κ3) is 8.13. The van der Waals surface area contributed by atoms with E-state index in [0.29, 0.717) is 12.7 Å². The summed E-state index contributed by atoms with van der Waals surface area (Å²) < 4.78 is 5.95. The maximum absolute atomic E-state index is 5.95. The van der Waals surface area contributed by atoms with Crippen LogP contribution in [0.2, 0.25) is 0 Å². The van der Waals surface area contributed by atoms with Crippen molar-refractivity contribution in [2.24, 2.45) is 0 Å². The Hall–Kier alpha value is -1.12. The molecule has 1 aromatic rings. The molecule has 1 atom stereocenters. The summed E-state index contributed by atoms with van der Waals surface area (Å²) in [6.45, 7) is 10.3. The third-order valence-electron chi connectivity index (χ3n) is 3.01. The van der Waals surface area contributed by atoms with E-state index in [2.05, 4.69) is 57.3 Å². The summed E-state index contributed by atoms with van der Waals surface area (Å²) in [6, 6.07) is 10.3. The van der Waals surface area contributed by atoms with E-state index in [1.807, 2.05) is 18.2 Å². The molecule has 0 aliphatic carbocycles. The molecule has 0 radical (unpaired) electrons. The number of hydrogen-bond acceptors (Lipinski definition) is 2. The summed E-state index contributed by atoms with van der Waals surface area (Å²) >= 11 is 0. The van der Waals surface area contributed by atoms with Gasteiger partial charge in [-0.3, -0.25) is 0 Å². The standard InChI is InChI=1S/C18H29NO/c1-5-10-17(15-19-18(2,3)4)20-14-9-13-16-11-7-6-8-12-16/h6-9,11-13,17,19H,5,10,14-15H2,1-4H3/b13-9+. The molecule has 2 nitrogen and oxygen atoms in total. The lowest BCUT2D eigenvalue weighted by Gasteiger charge is -2.25. The minimum absolute atomic E-state index is 0.148. The van der Waals surface area contributed by atoms with E-state index in [1.54, 1.807) is 0 Å². The second kappa shape index (κ2) is 8.93. The van der Waals surface area contributed by atoms with Gasteiger partial charge in [0.2, 0.25) is 0 Å². The Balaban J connectivity index is 2.33. The molecule has 20 heavy (non-hydrogen) atoms. The molecule has 0 spiro atoms. The summed E-state index contributed by atoms with van der Waals surface area (Å²) in [7, 11) is 0. The molecule has 0 bridgehead atoms. The summed E-state index contributed by atoms with van der Waals surface area (Å²) in [5, 5.41) is 3.52. The summed E-state index contributed by atoms with van der Waals surface area (Å²) in [4.78, 5) is 0. The molecule has 0 fully saturated rings. The highest BCUT2D eigenvalue weighted by atomic mass is 16.5. The fourth-order valence-electron chi connectivity index (χ4n) is 1.93. The molecular formula is C18H29NO.